The van der Waals surface area contributed by atoms with E-state index in [0.717, 1.165) is 31.6 Å². The van der Waals surface area contributed by atoms with E-state index in [1.54, 1.807) is 0 Å². The first-order chi connectivity index (χ1) is 6.66. The summed E-state index contributed by atoms with van der Waals surface area (Å²) in [4.78, 5) is 0. The van der Waals surface area contributed by atoms with E-state index in [1.807, 2.05) is 11.8 Å². The molecule has 84 valence electrons. The molecular formula is C11H23NOS. The molecule has 0 aliphatic carbocycles. The van der Waals surface area contributed by atoms with E-state index < -0.39 is 0 Å². The molecule has 0 aromatic rings. The summed E-state index contributed by atoms with van der Waals surface area (Å²) in [6, 6.07) is 0. The maximum absolute atomic E-state index is 5.38. The molecule has 2 nitrogen and oxygen atoms in total. The summed E-state index contributed by atoms with van der Waals surface area (Å²) in [6.07, 6.45) is 4.57. The smallest absolute Gasteiger partial charge is 0.0471 e. The zero-order valence-corrected chi connectivity index (χ0v) is 10.5. The van der Waals surface area contributed by atoms with Gasteiger partial charge in [0, 0.05) is 31.6 Å². The third kappa shape index (κ3) is 4.20. The molecule has 1 saturated heterocycles. The van der Waals surface area contributed by atoms with Crippen LogP contribution in [0.25, 0.3) is 0 Å². The summed E-state index contributed by atoms with van der Waals surface area (Å²) >= 11 is 1.92. The van der Waals surface area contributed by atoms with Gasteiger partial charge in [-0.15, -0.1) is 0 Å². The molecule has 1 rings (SSSR count). The molecule has 1 heterocycles. The topological polar surface area (TPSA) is 21.3 Å². The maximum Gasteiger partial charge on any atom is 0.0471 e. The fraction of sp³-hybridized carbons (Fsp3) is 1.00. The fourth-order valence-corrected chi connectivity index (χ4v) is 1.99. The lowest BCUT2D eigenvalue weighted by molar-refractivity contribution is 0.0243. The van der Waals surface area contributed by atoms with Gasteiger partial charge < -0.3 is 10.1 Å². The molecule has 1 fully saturated rings. The molecule has 0 aromatic heterocycles. The number of hydrogen-bond acceptors (Lipinski definition) is 3. The van der Waals surface area contributed by atoms with Gasteiger partial charge in [0.15, 0.2) is 0 Å². The van der Waals surface area contributed by atoms with Crippen molar-refractivity contribution < 1.29 is 4.74 Å². The third-order valence-electron chi connectivity index (χ3n) is 3.09. The predicted octanol–water partition coefficient (Wildman–Crippen LogP) is 2.14. The van der Waals surface area contributed by atoms with Gasteiger partial charge in [-0.2, -0.15) is 11.8 Å². The van der Waals surface area contributed by atoms with Crippen LogP contribution in [0.15, 0.2) is 0 Å². The van der Waals surface area contributed by atoms with Gasteiger partial charge in [-0.3, -0.25) is 0 Å². The Bertz CT molecular complexity index is 157. The minimum absolute atomic E-state index is 0.469. The van der Waals surface area contributed by atoms with Crippen molar-refractivity contribution in [3.63, 3.8) is 0 Å². The van der Waals surface area contributed by atoms with Crippen LogP contribution in [-0.4, -0.2) is 37.8 Å². The lowest BCUT2D eigenvalue weighted by atomic mass is 9.82. The standard InChI is InChI=1S/C11H23NOS/c1-10(14-3)8-12-9-11(2)4-6-13-7-5-11/h10,12H,4-9H2,1-3H3. The second kappa shape index (κ2) is 5.99. The zero-order chi connectivity index (χ0) is 10.4. The van der Waals surface area contributed by atoms with Crippen LogP contribution in [0.4, 0.5) is 0 Å². The van der Waals surface area contributed by atoms with E-state index in [2.05, 4.69) is 25.4 Å². The minimum Gasteiger partial charge on any atom is -0.381 e. The predicted molar refractivity (Wildman–Crippen MR) is 64.0 cm³/mol. The molecule has 0 spiro atoms. The van der Waals surface area contributed by atoms with Crippen molar-refractivity contribution in [2.24, 2.45) is 5.41 Å². The second-order valence-electron chi connectivity index (χ2n) is 4.60. The van der Waals surface area contributed by atoms with Crippen LogP contribution in [0.1, 0.15) is 26.7 Å². The van der Waals surface area contributed by atoms with Gasteiger partial charge >= 0.3 is 0 Å². The SMILES string of the molecule is CSC(C)CNCC1(C)CCOCC1. The average Bonchev–Trinajstić information content (AvgIpc) is 2.18. The Morgan fingerprint density at radius 2 is 2.07 bits per heavy atom. The number of rotatable bonds is 5. The summed E-state index contributed by atoms with van der Waals surface area (Å²) in [6.45, 7) is 8.78. The molecule has 1 N–H and O–H groups in total. The fourth-order valence-electron chi connectivity index (χ4n) is 1.70. The summed E-state index contributed by atoms with van der Waals surface area (Å²) in [5.74, 6) is 0. The van der Waals surface area contributed by atoms with E-state index in [-0.39, 0.29) is 0 Å². The summed E-state index contributed by atoms with van der Waals surface area (Å²) in [5.41, 5.74) is 0.469. The Labute approximate surface area is 92.2 Å². The van der Waals surface area contributed by atoms with Crippen molar-refractivity contribution in [1.29, 1.82) is 0 Å². The average molecular weight is 217 g/mol. The van der Waals surface area contributed by atoms with Crippen LogP contribution in [0.3, 0.4) is 0 Å². The lowest BCUT2D eigenvalue weighted by Crippen LogP contribution is -2.38. The normalized spacial score (nSPS) is 23.4. The van der Waals surface area contributed by atoms with Crippen molar-refractivity contribution in [2.45, 2.75) is 31.9 Å². The molecular weight excluding hydrogens is 194 g/mol. The molecule has 1 aliphatic heterocycles. The first-order valence-corrected chi connectivity index (χ1v) is 6.76. The Kier molecular flexibility index (Phi) is 5.28. The summed E-state index contributed by atoms with van der Waals surface area (Å²) < 4.78 is 5.38. The van der Waals surface area contributed by atoms with Gasteiger partial charge in [-0.05, 0) is 24.5 Å². The van der Waals surface area contributed by atoms with Crippen molar-refractivity contribution >= 4 is 11.8 Å². The van der Waals surface area contributed by atoms with E-state index in [0.29, 0.717) is 5.41 Å². The van der Waals surface area contributed by atoms with Crippen LogP contribution in [0.5, 0.6) is 0 Å². The van der Waals surface area contributed by atoms with Crippen LogP contribution in [0, 0.1) is 5.41 Å². The van der Waals surface area contributed by atoms with Crippen LogP contribution < -0.4 is 5.32 Å². The zero-order valence-electron chi connectivity index (χ0n) is 9.64. The largest absolute Gasteiger partial charge is 0.381 e. The highest BCUT2D eigenvalue weighted by Crippen LogP contribution is 2.28. The first kappa shape index (κ1) is 12.3. The number of ether oxygens (including phenoxy) is 1. The van der Waals surface area contributed by atoms with Gasteiger partial charge in [-0.25, -0.2) is 0 Å². The van der Waals surface area contributed by atoms with E-state index >= 15 is 0 Å². The Balaban J connectivity index is 2.15. The quantitative estimate of drug-likeness (QED) is 0.762. The molecule has 0 radical (unpaired) electrons. The lowest BCUT2D eigenvalue weighted by Gasteiger charge is -2.34. The molecule has 0 saturated carbocycles. The van der Waals surface area contributed by atoms with Crippen LogP contribution in [-0.2, 0) is 4.74 Å². The van der Waals surface area contributed by atoms with Crippen molar-refractivity contribution in [3.8, 4) is 0 Å². The minimum atomic E-state index is 0.469. The van der Waals surface area contributed by atoms with Gasteiger partial charge in [0.1, 0.15) is 0 Å². The number of hydrogen-bond donors (Lipinski definition) is 1. The van der Waals surface area contributed by atoms with Gasteiger partial charge in [0.25, 0.3) is 0 Å². The summed E-state index contributed by atoms with van der Waals surface area (Å²) in [5, 5.41) is 4.29. The molecule has 1 unspecified atom stereocenters. The third-order valence-corrected chi connectivity index (χ3v) is 4.06. The molecule has 0 amide bonds. The maximum atomic E-state index is 5.38. The first-order valence-electron chi connectivity index (χ1n) is 5.47. The van der Waals surface area contributed by atoms with Crippen molar-refractivity contribution in [3.05, 3.63) is 0 Å². The molecule has 3 heteroatoms. The highest BCUT2D eigenvalue weighted by atomic mass is 32.2. The molecule has 1 atom stereocenters. The van der Waals surface area contributed by atoms with Gasteiger partial charge in [0.05, 0.1) is 0 Å². The highest BCUT2D eigenvalue weighted by molar-refractivity contribution is 7.99. The molecule has 0 aromatic carbocycles. The van der Waals surface area contributed by atoms with E-state index in [9.17, 15) is 0 Å². The van der Waals surface area contributed by atoms with Crippen molar-refractivity contribution in [1.82, 2.24) is 5.32 Å². The van der Waals surface area contributed by atoms with Gasteiger partial charge in [-0.1, -0.05) is 13.8 Å². The van der Waals surface area contributed by atoms with E-state index in [4.69, 9.17) is 4.74 Å². The molecule has 0 bridgehead atoms. The van der Waals surface area contributed by atoms with Crippen LogP contribution in [0.2, 0.25) is 0 Å². The molecule has 1 aliphatic rings. The molecule has 14 heavy (non-hydrogen) atoms. The highest BCUT2D eigenvalue weighted by Gasteiger charge is 2.26. The Morgan fingerprint density at radius 3 is 2.64 bits per heavy atom. The monoisotopic (exact) mass is 217 g/mol. The van der Waals surface area contributed by atoms with Crippen LogP contribution >= 0.6 is 11.8 Å². The summed E-state index contributed by atoms with van der Waals surface area (Å²) in [7, 11) is 0. The van der Waals surface area contributed by atoms with Crippen molar-refractivity contribution in [2.75, 3.05) is 32.6 Å². The number of thioether (sulfide) groups is 1. The van der Waals surface area contributed by atoms with Gasteiger partial charge in [0.2, 0.25) is 0 Å². The second-order valence-corrected chi connectivity index (χ2v) is 5.88. The Hall–Kier alpha value is 0.270. The number of nitrogens with one attached hydrogen (secondary N) is 1. The Morgan fingerprint density at radius 1 is 1.43 bits per heavy atom. The van der Waals surface area contributed by atoms with E-state index in [1.165, 1.54) is 12.8 Å².